The molecule has 0 spiro atoms. The Kier molecular flexibility index (Phi) is 5.74. The van der Waals surface area contributed by atoms with Crippen LogP contribution in [0.25, 0.3) is 0 Å². The maximum atomic E-state index is 12.3. The number of hydrogen-bond acceptors (Lipinski definition) is 3. The Bertz CT molecular complexity index is 569. The van der Waals surface area contributed by atoms with Crippen LogP contribution >= 0.6 is 15.9 Å². The van der Waals surface area contributed by atoms with Gasteiger partial charge in [-0.25, -0.2) is 4.79 Å². The van der Waals surface area contributed by atoms with Crippen molar-refractivity contribution in [2.75, 3.05) is 19.6 Å². The number of nitrogens with zero attached hydrogens (tertiary/aromatic N) is 2. The number of hydrogen-bond donors (Lipinski definition) is 0. The van der Waals surface area contributed by atoms with Gasteiger partial charge in [-0.15, -0.1) is 0 Å². The highest BCUT2D eigenvalue weighted by Gasteiger charge is 2.30. The molecule has 1 unspecified atom stereocenters. The zero-order chi connectivity index (χ0) is 17.2. The minimum atomic E-state index is -0.444. The lowest BCUT2D eigenvalue weighted by atomic mass is 10.1. The largest absolute Gasteiger partial charge is 0.444 e. The predicted octanol–water partition coefficient (Wildman–Crippen LogP) is 4.20. The van der Waals surface area contributed by atoms with E-state index >= 15 is 0 Å². The van der Waals surface area contributed by atoms with E-state index < -0.39 is 5.60 Å². The van der Waals surface area contributed by atoms with E-state index in [1.165, 1.54) is 11.1 Å². The van der Waals surface area contributed by atoms with Crippen molar-refractivity contribution < 1.29 is 9.53 Å². The van der Waals surface area contributed by atoms with Gasteiger partial charge in [-0.1, -0.05) is 28.1 Å². The van der Waals surface area contributed by atoms with Gasteiger partial charge in [0.05, 0.1) is 0 Å². The standard InChI is InChI=1S/C18H27BrN2O2/c1-13-6-7-15(16(19)10-13)12-20-8-9-21(14(2)11-20)17(22)23-18(3,4)5/h6-7,10,14H,8-9,11-12H2,1-5H3. The summed E-state index contributed by atoms with van der Waals surface area (Å²) in [7, 11) is 0. The average Bonchev–Trinajstić information content (AvgIpc) is 2.40. The Morgan fingerprint density at radius 2 is 2.04 bits per heavy atom. The summed E-state index contributed by atoms with van der Waals surface area (Å²) in [6, 6.07) is 6.61. The van der Waals surface area contributed by atoms with Crippen molar-refractivity contribution in [2.45, 2.75) is 52.8 Å². The molecule has 2 rings (SSSR count). The van der Waals surface area contributed by atoms with Crippen LogP contribution in [-0.4, -0.2) is 47.2 Å². The molecule has 1 aromatic rings. The summed E-state index contributed by atoms with van der Waals surface area (Å²) in [5.74, 6) is 0. The van der Waals surface area contributed by atoms with Crippen molar-refractivity contribution in [3.63, 3.8) is 0 Å². The average molecular weight is 383 g/mol. The monoisotopic (exact) mass is 382 g/mol. The molecule has 0 radical (unpaired) electrons. The molecule has 0 saturated carbocycles. The summed E-state index contributed by atoms with van der Waals surface area (Å²) >= 11 is 3.65. The zero-order valence-corrected chi connectivity index (χ0v) is 16.3. The Labute approximate surface area is 147 Å². The van der Waals surface area contributed by atoms with Gasteiger partial charge in [-0.3, -0.25) is 4.90 Å². The minimum Gasteiger partial charge on any atom is -0.444 e. The highest BCUT2D eigenvalue weighted by Crippen LogP contribution is 2.22. The number of halogens is 1. The highest BCUT2D eigenvalue weighted by atomic mass is 79.9. The topological polar surface area (TPSA) is 32.8 Å². The minimum absolute atomic E-state index is 0.155. The quantitative estimate of drug-likeness (QED) is 0.768. The number of ether oxygens (including phenoxy) is 1. The van der Waals surface area contributed by atoms with Crippen LogP contribution in [0.4, 0.5) is 4.79 Å². The molecule has 1 amide bonds. The van der Waals surface area contributed by atoms with Crippen LogP contribution in [-0.2, 0) is 11.3 Å². The molecule has 0 N–H and O–H groups in total. The second-order valence-corrected chi connectivity index (χ2v) is 8.21. The molecule has 0 bridgehead atoms. The van der Waals surface area contributed by atoms with Crippen molar-refractivity contribution in [3.05, 3.63) is 33.8 Å². The van der Waals surface area contributed by atoms with Gasteiger partial charge >= 0.3 is 6.09 Å². The number of carbonyl (C=O) groups excluding carboxylic acids is 1. The maximum Gasteiger partial charge on any atom is 0.410 e. The van der Waals surface area contributed by atoms with Crippen LogP contribution in [0.2, 0.25) is 0 Å². The number of carbonyl (C=O) groups is 1. The molecule has 0 aromatic heterocycles. The molecule has 5 heteroatoms. The van der Waals surface area contributed by atoms with Gasteiger partial charge in [0.1, 0.15) is 5.60 Å². The van der Waals surface area contributed by atoms with E-state index in [9.17, 15) is 4.79 Å². The molecular weight excluding hydrogens is 356 g/mol. The van der Waals surface area contributed by atoms with Gasteiger partial charge in [0.2, 0.25) is 0 Å². The molecule has 1 aliphatic rings. The summed E-state index contributed by atoms with van der Waals surface area (Å²) < 4.78 is 6.65. The first-order chi connectivity index (χ1) is 10.7. The summed E-state index contributed by atoms with van der Waals surface area (Å²) in [5.41, 5.74) is 2.10. The molecule has 1 atom stereocenters. The molecule has 1 aromatic carbocycles. The molecule has 4 nitrogen and oxygen atoms in total. The van der Waals surface area contributed by atoms with Crippen LogP contribution in [0.5, 0.6) is 0 Å². The molecular formula is C18H27BrN2O2. The smallest absolute Gasteiger partial charge is 0.410 e. The Morgan fingerprint density at radius 1 is 1.35 bits per heavy atom. The summed E-state index contributed by atoms with van der Waals surface area (Å²) in [6.07, 6.45) is -0.207. The maximum absolute atomic E-state index is 12.3. The second-order valence-electron chi connectivity index (χ2n) is 7.35. The summed E-state index contributed by atoms with van der Waals surface area (Å²) in [4.78, 5) is 16.5. The molecule has 0 aliphatic carbocycles. The number of amides is 1. The van der Waals surface area contributed by atoms with Gasteiger partial charge < -0.3 is 9.64 Å². The number of rotatable bonds is 2. The van der Waals surface area contributed by atoms with Crippen molar-refractivity contribution in [2.24, 2.45) is 0 Å². The van der Waals surface area contributed by atoms with E-state index in [4.69, 9.17) is 4.74 Å². The lowest BCUT2D eigenvalue weighted by Crippen LogP contribution is -2.54. The van der Waals surface area contributed by atoms with E-state index in [1.54, 1.807) is 0 Å². The van der Waals surface area contributed by atoms with E-state index in [2.05, 4.69) is 52.9 Å². The molecule has 1 aliphatic heterocycles. The fraction of sp³-hybridized carbons (Fsp3) is 0.611. The normalized spacial score (nSPS) is 19.7. The highest BCUT2D eigenvalue weighted by molar-refractivity contribution is 9.10. The number of piperazine rings is 1. The molecule has 1 heterocycles. The van der Waals surface area contributed by atoms with Crippen LogP contribution in [0.15, 0.2) is 22.7 Å². The molecule has 128 valence electrons. The lowest BCUT2D eigenvalue weighted by Gasteiger charge is -2.40. The van der Waals surface area contributed by atoms with Gasteiger partial charge in [0, 0.05) is 36.7 Å². The fourth-order valence-corrected chi connectivity index (χ4v) is 3.41. The third-order valence-corrected chi connectivity index (χ3v) is 4.68. The molecule has 1 saturated heterocycles. The third-order valence-electron chi connectivity index (χ3n) is 3.94. The lowest BCUT2D eigenvalue weighted by molar-refractivity contribution is 0.000540. The molecule has 1 fully saturated rings. The van der Waals surface area contributed by atoms with E-state index in [0.29, 0.717) is 6.54 Å². The first kappa shape index (κ1) is 18.3. The van der Waals surface area contributed by atoms with Gasteiger partial charge in [0.25, 0.3) is 0 Å². The number of benzene rings is 1. The summed E-state index contributed by atoms with van der Waals surface area (Å²) in [6.45, 7) is 13.2. The van der Waals surface area contributed by atoms with Crippen LogP contribution < -0.4 is 0 Å². The predicted molar refractivity (Wildman–Crippen MR) is 96.6 cm³/mol. The van der Waals surface area contributed by atoms with E-state index in [1.807, 2.05) is 25.7 Å². The van der Waals surface area contributed by atoms with Gasteiger partial charge in [0.15, 0.2) is 0 Å². The Hall–Kier alpha value is -1.07. The van der Waals surface area contributed by atoms with Crippen molar-refractivity contribution in [1.82, 2.24) is 9.80 Å². The van der Waals surface area contributed by atoms with E-state index in [-0.39, 0.29) is 12.1 Å². The zero-order valence-electron chi connectivity index (χ0n) is 14.7. The summed E-state index contributed by atoms with van der Waals surface area (Å²) in [5, 5.41) is 0. The SMILES string of the molecule is Cc1ccc(CN2CCN(C(=O)OC(C)(C)C)C(C)C2)c(Br)c1. The van der Waals surface area contributed by atoms with Crippen molar-refractivity contribution in [3.8, 4) is 0 Å². The van der Waals surface area contributed by atoms with Crippen molar-refractivity contribution >= 4 is 22.0 Å². The van der Waals surface area contributed by atoms with Crippen molar-refractivity contribution in [1.29, 1.82) is 0 Å². The van der Waals surface area contributed by atoms with Crippen LogP contribution in [0, 0.1) is 6.92 Å². The fourth-order valence-electron chi connectivity index (χ4n) is 2.79. The Balaban J connectivity index is 1.94. The van der Waals surface area contributed by atoms with E-state index in [0.717, 1.165) is 24.1 Å². The Morgan fingerprint density at radius 3 is 2.61 bits per heavy atom. The first-order valence-corrected chi connectivity index (χ1v) is 8.92. The molecule has 23 heavy (non-hydrogen) atoms. The third kappa shape index (κ3) is 5.21. The van der Waals surface area contributed by atoms with Crippen LogP contribution in [0.1, 0.15) is 38.8 Å². The van der Waals surface area contributed by atoms with Gasteiger partial charge in [-0.2, -0.15) is 0 Å². The van der Waals surface area contributed by atoms with Gasteiger partial charge in [-0.05, 0) is 51.8 Å². The first-order valence-electron chi connectivity index (χ1n) is 8.13. The second kappa shape index (κ2) is 7.22. The number of aryl methyl sites for hydroxylation is 1. The van der Waals surface area contributed by atoms with Crippen LogP contribution in [0.3, 0.4) is 0 Å².